The Balaban J connectivity index is 2.23. The molecule has 1 heterocycles. The highest BCUT2D eigenvalue weighted by Gasteiger charge is 2.07. The van der Waals surface area contributed by atoms with Crippen molar-refractivity contribution >= 4 is 0 Å². The van der Waals surface area contributed by atoms with Crippen LogP contribution in [0.25, 0.3) is 0 Å². The SMILES string of the molecule is CCCCCCCCOc1nc(C)c(O)c(C)n1. The van der Waals surface area contributed by atoms with Gasteiger partial charge in [-0.3, -0.25) is 0 Å². The number of unbranched alkanes of at least 4 members (excludes halogenated alkanes) is 5. The Hall–Kier alpha value is -1.32. The molecule has 1 N–H and O–H groups in total. The summed E-state index contributed by atoms with van der Waals surface area (Å²) < 4.78 is 5.50. The van der Waals surface area contributed by atoms with Crippen molar-refractivity contribution in [2.75, 3.05) is 6.61 Å². The van der Waals surface area contributed by atoms with Gasteiger partial charge in [0.2, 0.25) is 0 Å². The highest BCUT2D eigenvalue weighted by atomic mass is 16.5. The van der Waals surface area contributed by atoms with Crippen LogP contribution in [0.15, 0.2) is 0 Å². The molecule has 0 spiro atoms. The first-order valence-electron chi connectivity index (χ1n) is 6.82. The van der Waals surface area contributed by atoms with Crippen LogP contribution in [-0.2, 0) is 0 Å². The summed E-state index contributed by atoms with van der Waals surface area (Å²) in [6.45, 7) is 6.37. The number of hydrogen-bond acceptors (Lipinski definition) is 4. The van der Waals surface area contributed by atoms with Crippen molar-refractivity contribution in [2.24, 2.45) is 0 Å². The predicted octanol–water partition coefficient (Wildman–Crippen LogP) is 3.54. The highest BCUT2D eigenvalue weighted by Crippen LogP contribution is 2.19. The minimum Gasteiger partial charge on any atom is -0.504 e. The second-order valence-electron chi connectivity index (χ2n) is 4.64. The van der Waals surface area contributed by atoms with Gasteiger partial charge in [0.25, 0.3) is 0 Å². The molecule has 0 aromatic carbocycles. The van der Waals surface area contributed by atoms with E-state index in [1.807, 2.05) is 0 Å². The van der Waals surface area contributed by atoms with Crippen molar-refractivity contribution < 1.29 is 9.84 Å². The van der Waals surface area contributed by atoms with Gasteiger partial charge in [0.05, 0.1) is 18.0 Å². The molecule has 1 rings (SSSR count). The molecule has 4 nitrogen and oxygen atoms in total. The molecular weight excluding hydrogens is 228 g/mol. The van der Waals surface area contributed by atoms with Crippen molar-refractivity contribution in [2.45, 2.75) is 59.3 Å². The molecule has 0 aliphatic carbocycles. The van der Waals surface area contributed by atoms with E-state index in [2.05, 4.69) is 16.9 Å². The molecule has 4 heteroatoms. The number of rotatable bonds is 8. The number of nitrogens with zero attached hydrogens (tertiary/aromatic N) is 2. The van der Waals surface area contributed by atoms with Crippen molar-refractivity contribution in [1.29, 1.82) is 0 Å². The Bertz CT molecular complexity index is 344. The van der Waals surface area contributed by atoms with E-state index in [0.717, 1.165) is 6.42 Å². The molecule has 102 valence electrons. The maximum absolute atomic E-state index is 9.54. The fourth-order valence-electron chi connectivity index (χ4n) is 1.79. The summed E-state index contributed by atoms with van der Waals surface area (Å²) in [5.41, 5.74) is 1.14. The summed E-state index contributed by atoms with van der Waals surface area (Å²) in [5, 5.41) is 9.54. The van der Waals surface area contributed by atoms with Crippen molar-refractivity contribution in [3.63, 3.8) is 0 Å². The highest BCUT2D eigenvalue weighted by molar-refractivity contribution is 5.30. The topological polar surface area (TPSA) is 55.2 Å². The van der Waals surface area contributed by atoms with Gasteiger partial charge in [-0.15, -0.1) is 0 Å². The Morgan fingerprint density at radius 3 is 2.11 bits per heavy atom. The van der Waals surface area contributed by atoms with E-state index in [4.69, 9.17) is 4.74 Å². The van der Waals surface area contributed by atoms with Crippen molar-refractivity contribution in [1.82, 2.24) is 9.97 Å². The molecule has 0 saturated heterocycles. The molecule has 0 bridgehead atoms. The molecule has 0 saturated carbocycles. The lowest BCUT2D eigenvalue weighted by Gasteiger charge is -2.07. The molecule has 0 aliphatic heterocycles. The molecule has 0 atom stereocenters. The average molecular weight is 252 g/mol. The molecule has 0 radical (unpaired) electrons. The summed E-state index contributed by atoms with van der Waals surface area (Å²) in [6.07, 6.45) is 7.40. The van der Waals surface area contributed by atoms with Crippen LogP contribution in [0.2, 0.25) is 0 Å². The summed E-state index contributed by atoms with van der Waals surface area (Å²) in [7, 11) is 0. The molecule has 1 aromatic rings. The van der Waals surface area contributed by atoms with Crippen molar-refractivity contribution in [3.05, 3.63) is 11.4 Å². The second kappa shape index (κ2) is 7.90. The van der Waals surface area contributed by atoms with Crippen molar-refractivity contribution in [3.8, 4) is 11.8 Å². The van der Waals surface area contributed by atoms with E-state index in [-0.39, 0.29) is 5.75 Å². The first-order chi connectivity index (χ1) is 8.65. The van der Waals surface area contributed by atoms with Crippen LogP contribution in [-0.4, -0.2) is 21.7 Å². The first kappa shape index (κ1) is 14.7. The lowest BCUT2D eigenvalue weighted by atomic mass is 10.1. The zero-order chi connectivity index (χ0) is 13.4. The van der Waals surface area contributed by atoms with Crippen LogP contribution in [0.4, 0.5) is 0 Å². The van der Waals surface area contributed by atoms with Gasteiger partial charge in [-0.05, 0) is 20.3 Å². The fraction of sp³-hybridized carbons (Fsp3) is 0.714. The second-order valence-corrected chi connectivity index (χ2v) is 4.64. The van der Waals surface area contributed by atoms with Crippen LogP contribution in [0, 0.1) is 13.8 Å². The summed E-state index contributed by atoms with van der Waals surface area (Å²) >= 11 is 0. The first-order valence-corrected chi connectivity index (χ1v) is 6.82. The summed E-state index contributed by atoms with van der Waals surface area (Å²) in [5.74, 6) is 0.155. The number of aryl methyl sites for hydroxylation is 2. The van der Waals surface area contributed by atoms with E-state index in [9.17, 15) is 5.11 Å². The van der Waals surface area contributed by atoms with Gasteiger partial charge < -0.3 is 9.84 Å². The van der Waals surface area contributed by atoms with E-state index in [0.29, 0.717) is 24.0 Å². The quantitative estimate of drug-likeness (QED) is 0.719. The Morgan fingerprint density at radius 1 is 0.944 bits per heavy atom. The Labute approximate surface area is 109 Å². The van der Waals surface area contributed by atoms with Crippen LogP contribution < -0.4 is 4.74 Å². The number of ether oxygens (including phenoxy) is 1. The fourth-order valence-corrected chi connectivity index (χ4v) is 1.79. The third-order valence-electron chi connectivity index (χ3n) is 2.94. The predicted molar refractivity (Wildman–Crippen MR) is 72.0 cm³/mol. The number of aromatic nitrogens is 2. The largest absolute Gasteiger partial charge is 0.504 e. The maximum Gasteiger partial charge on any atom is 0.317 e. The van der Waals surface area contributed by atoms with E-state index >= 15 is 0 Å². The van der Waals surface area contributed by atoms with Crippen LogP contribution >= 0.6 is 0 Å². The van der Waals surface area contributed by atoms with E-state index < -0.39 is 0 Å². The lowest BCUT2D eigenvalue weighted by Crippen LogP contribution is -2.03. The smallest absolute Gasteiger partial charge is 0.317 e. The van der Waals surface area contributed by atoms with Gasteiger partial charge in [0.1, 0.15) is 0 Å². The molecule has 0 aliphatic rings. The van der Waals surface area contributed by atoms with E-state index in [1.165, 1.54) is 32.1 Å². The number of aromatic hydroxyl groups is 1. The van der Waals surface area contributed by atoms with Gasteiger partial charge in [-0.25, -0.2) is 0 Å². The normalized spacial score (nSPS) is 10.6. The summed E-state index contributed by atoms with van der Waals surface area (Å²) in [4.78, 5) is 8.19. The third kappa shape index (κ3) is 4.90. The van der Waals surface area contributed by atoms with E-state index in [1.54, 1.807) is 13.8 Å². The standard InChI is InChI=1S/C14H24N2O2/c1-4-5-6-7-8-9-10-18-14-15-11(2)13(17)12(3)16-14/h17H,4-10H2,1-3H3. The minimum atomic E-state index is 0.155. The van der Waals surface area contributed by atoms with Crippen LogP contribution in [0.1, 0.15) is 56.8 Å². The molecule has 18 heavy (non-hydrogen) atoms. The van der Waals surface area contributed by atoms with Gasteiger partial charge in [0, 0.05) is 0 Å². The van der Waals surface area contributed by atoms with Gasteiger partial charge in [-0.2, -0.15) is 9.97 Å². The van der Waals surface area contributed by atoms with Gasteiger partial charge in [-0.1, -0.05) is 39.0 Å². The zero-order valence-electron chi connectivity index (χ0n) is 11.7. The third-order valence-corrected chi connectivity index (χ3v) is 2.94. The maximum atomic E-state index is 9.54. The molecular formula is C14H24N2O2. The average Bonchev–Trinajstić information content (AvgIpc) is 2.34. The Kier molecular flexibility index (Phi) is 6.47. The number of hydrogen-bond donors (Lipinski definition) is 1. The molecule has 0 amide bonds. The zero-order valence-corrected chi connectivity index (χ0v) is 11.7. The monoisotopic (exact) mass is 252 g/mol. The van der Waals surface area contributed by atoms with Gasteiger partial charge >= 0.3 is 6.01 Å². The van der Waals surface area contributed by atoms with Crippen LogP contribution in [0.3, 0.4) is 0 Å². The Morgan fingerprint density at radius 2 is 1.50 bits per heavy atom. The van der Waals surface area contributed by atoms with Crippen LogP contribution in [0.5, 0.6) is 11.8 Å². The minimum absolute atomic E-state index is 0.155. The molecule has 0 fully saturated rings. The summed E-state index contributed by atoms with van der Waals surface area (Å²) in [6, 6.07) is 0.372. The van der Waals surface area contributed by atoms with Gasteiger partial charge in [0.15, 0.2) is 5.75 Å². The lowest BCUT2D eigenvalue weighted by molar-refractivity contribution is 0.278. The molecule has 1 aromatic heterocycles. The molecule has 0 unspecified atom stereocenters.